The predicted molar refractivity (Wildman–Crippen MR) is 43.0 cm³/mol. The molecule has 1 aromatic rings. The zero-order chi connectivity index (χ0) is 8.77. The second-order valence-corrected chi connectivity index (χ2v) is 3.47. The topological polar surface area (TPSA) is 43.1 Å². The van der Waals surface area contributed by atoms with Gasteiger partial charge in [-0.05, 0) is 26.7 Å². The first kappa shape index (κ1) is 7.53. The third-order valence-electron chi connectivity index (χ3n) is 2.55. The highest BCUT2D eigenvalue weighted by atomic mass is 16.5. The van der Waals surface area contributed by atoms with Crippen LogP contribution in [-0.2, 0) is 10.2 Å². The standard InChI is InChI=1S/C9H11NO2/c1-6-8(7(2)12-10-6)9(5-11)3-4-9/h5H,3-4H2,1-2H3. The van der Waals surface area contributed by atoms with Crippen molar-refractivity contribution in [2.45, 2.75) is 32.1 Å². The monoisotopic (exact) mass is 165 g/mol. The fourth-order valence-electron chi connectivity index (χ4n) is 1.76. The molecule has 0 bridgehead atoms. The van der Waals surface area contributed by atoms with Crippen LogP contribution in [0.15, 0.2) is 4.52 Å². The largest absolute Gasteiger partial charge is 0.361 e. The van der Waals surface area contributed by atoms with Gasteiger partial charge in [-0.2, -0.15) is 0 Å². The molecule has 0 saturated heterocycles. The van der Waals surface area contributed by atoms with E-state index < -0.39 is 0 Å². The second kappa shape index (κ2) is 2.19. The van der Waals surface area contributed by atoms with Crippen LogP contribution in [0.4, 0.5) is 0 Å². The zero-order valence-corrected chi connectivity index (χ0v) is 7.26. The van der Waals surface area contributed by atoms with E-state index in [0.717, 1.165) is 36.1 Å². The van der Waals surface area contributed by atoms with Gasteiger partial charge in [0, 0.05) is 5.56 Å². The number of nitrogens with zero attached hydrogens (tertiary/aromatic N) is 1. The van der Waals surface area contributed by atoms with E-state index in [1.807, 2.05) is 13.8 Å². The SMILES string of the molecule is Cc1noc(C)c1C1(C=O)CC1. The van der Waals surface area contributed by atoms with E-state index in [9.17, 15) is 4.79 Å². The molecule has 64 valence electrons. The summed E-state index contributed by atoms with van der Waals surface area (Å²) in [6.07, 6.45) is 2.92. The van der Waals surface area contributed by atoms with Crippen molar-refractivity contribution in [3.05, 3.63) is 17.0 Å². The molecule has 0 unspecified atom stereocenters. The molecule has 1 saturated carbocycles. The van der Waals surface area contributed by atoms with Gasteiger partial charge >= 0.3 is 0 Å². The Bertz CT molecular complexity index is 304. The van der Waals surface area contributed by atoms with Crippen LogP contribution in [0.25, 0.3) is 0 Å². The van der Waals surface area contributed by atoms with E-state index >= 15 is 0 Å². The average Bonchev–Trinajstić information content (AvgIpc) is 2.77. The van der Waals surface area contributed by atoms with Crippen LogP contribution in [-0.4, -0.2) is 11.4 Å². The van der Waals surface area contributed by atoms with Gasteiger partial charge < -0.3 is 9.32 Å². The number of aromatic nitrogens is 1. The van der Waals surface area contributed by atoms with Gasteiger partial charge in [-0.15, -0.1) is 0 Å². The number of carbonyl (C=O) groups is 1. The average molecular weight is 165 g/mol. The van der Waals surface area contributed by atoms with E-state index in [2.05, 4.69) is 5.16 Å². The van der Waals surface area contributed by atoms with E-state index in [1.165, 1.54) is 0 Å². The lowest BCUT2D eigenvalue weighted by atomic mass is 9.96. The third kappa shape index (κ3) is 0.823. The number of hydrogen-bond donors (Lipinski definition) is 0. The Morgan fingerprint density at radius 1 is 1.50 bits per heavy atom. The smallest absolute Gasteiger partial charge is 0.138 e. The lowest BCUT2D eigenvalue weighted by Gasteiger charge is -2.04. The highest BCUT2D eigenvalue weighted by Gasteiger charge is 2.47. The summed E-state index contributed by atoms with van der Waals surface area (Å²) in [5.74, 6) is 0.789. The first-order valence-electron chi connectivity index (χ1n) is 4.09. The molecule has 0 spiro atoms. The van der Waals surface area contributed by atoms with E-state index in [4.69, 9.17) is 4.52 Å². The zero-order valence-electron chi connectivity index (χ0n) is 7.26. The molecule has 0 N–H and O–H groups in total. The Balaban J connectivity index is 2.51. The fourth-order valence-corrected chi connectivity index (χ4v) is 1.76. The lowest BCUT2D eigenvalue weighted by Crippen LogP contribution is -2.09. The quantitative estimate of drug-likeness (QED) is 0.624. The maximum absolute atomic E-state index is 10.8. The minimum atomic E-state index is -0.242. The van der Waals surface area contributed by atoms with Gasteiger partial charge in [0.25, 0.3) is 0 Å². The summed E-state index contributed by atoms with van der Waals surface area (Å²) >= 11 is 0. The van der Waals surface area contributed by atoms with Crippen molar-refractivity contribution in [2.75, 3.05) is 0 Å². The summed E-state index contributed by atoms with van der Waals surface area (Å²) in [6, 6.07) is 0. The molecule has 1 aliphatic carbocycles. The van der Waals surface area contributed by atoms with Gasteiger partial charge in [0.15, 0.2) is 0 Å². The molecule has 1 aromatic heterocycles. The molecular formula is C9H11NO2. The van der Waals surface area contributed by atoms with Crippen LogP contribution >= 0.6 is 0 Å². The normalized spacial score (nSPS) is 19.2. The summed E-state index contributed by atoms with van der Waals surface area (Å²) in [6.45, 7) is 3.74. The lowest BCUT2D eigenvalue weighted by molar-refractivity contribution is -0.109. The second-order valence-electron chi connectivity index (χ2n) is 3.47. The van der Waals surface area contributed by atoms with Crippen LogP contribution in [0.3, 0.4) is 0 Å². The van der Waals surface area contributed by atoms with Crippen LogP contribution in [0.5, 0.6) is 0 Å². The Kier molecular flexibility index (Phi) is 1.37. The van der Waals surface area contributed by atoms with Crippen molar-refractivity contribution >= 4 is 6.29 Å². The minimum Gasteiger partial charge on any atom is -0.361 e. The minimum absolute atomic E-state index is 0.242. The highest BCUT2D eigenvalue weighted by Crippen LogP contribution is 2.48. The van der Waals surface area contributed by atoms with Crippen LogP contribution < -0.4 is 0 Å². The van der Waals surface area contributed by atoms with Gasteiger partial charge in [-0.3, -0.25) is 0 Å². The molecule has 0 aromatic carbocycles. The van der Waals surface area contributed by atoms with Crippen molar-refractivity contribution in [3.8, 4) is 0 Å². The molecule has 2 rings (SSSR count). The summed E-state index contributed by atoms with van der Waals surface area (Å²) in [4.78, 5) is 10.8. The van der Waals surface area contributed by atoms with Crippen LogP contribution in [0, 0.1) is 13.8 Å². The molecule has 1 fully saturated rings. The molecule has 1 aliphatic rings. The Morgan fingerprint density at radius 3 is 2.50 bits per heavy atom. The molecule has 3 nitrogen and oxygen atoms in total. The Morgan fingerprint density at radius 2 is 2.17 bits per heavy atom. The van der Waals surface area contributed by atoms with Gasteiger partial charge in [-0.25, -0.2) is 0 Å². The molecule has 1 heterocycles. The van der Waals surface area contributed by atoms with Gasteiger partial charge in [0.2, 0.25) is 0 Å². The van der Waals surface area contributed by atoms with Crippen molar-refractivity contribution in [1.29, 1.82) is 0 Å². The van der Waals surface area contributed by atoms with Crippen LogP contribution in [0.1, 0.15) is 29.9 Å². The summed E-state index contributed by atoms with van der Waals surface area (Å²) in [5, 5.41) is 3.84. The van der Waals surface area contributed by atoms with E-state index in [-0.39, 0.29) is 5.41 Å². The number of carbonyl (C=O) groups excluding carboxylic acids is 1. The molecule has 0 amide bonds. The van der Waals surface area contributed by atoms with Gasteiger partial charge in [0.1, 0.15) is 12.0 Å². The van der Waals surface area contributed by atoms with Crippen molar-refractivity contribution in [3.63, 3.8) is 0 Å². The number of aryl methyl sites for hydroxylation is 2. The van der Waals surface area contributed by atoms with Crippen LogP contribution in [0.2, 0.25) is 0 Å². The van der Waals surface area contributed by atoms with E-state index in [0.29, 0.717) is 0 Å². The Labute approximate surface area is 70.7 Å². The molecule has 3 heteroatoms. The number of hydrogen-bond acceptors (Lipinski definition) is 3. The fraction of sp³-hybridized carbons (Fsp3) is 0.556. The number of aldehydes is 1. The maximum Gasteiger partial charge on any atom is 0.138 e. The predicted octanol–water partition coefficient (Wildman–Crippen LogP) is 1.52. The first-order chi connectivity index (χ1) is 5.69. The molecule has 0 atom stereocenters. The Hall–Kier alpha value is -1.12. The maximum atomic E-state index is 10.8. The van der Waals surface area contributed by atoms with Gasteiger partial charge in [0.05, 0.1) is 11.1 Å². The molecule has 0 radical (unpaired) electrons. The summed E-state index contributed by atoms with van der Waals surface area (Å²) < 4.78 is 5.01. The van der Waals surface area contributed by atoms with Crippen molar-refractivity contribution in [1.82, 2.24) is 5.16 Å². The highest BCUT2D eigenvalue weighted by molar-refractivity contribution is 5.74. The summed E-state index contributed by atoms with van der Waals surface area (Å²) in [7, 11) is 0. The number of rotatable bonds is 2. The first-order valence-corrected chi connectivity index (χ1v) is 4.09. The van der Waals surface area contributed by atoms with Gasteiger partial charge in [-0.1, -0.05) is 5.16 Å². The molecule has 12 heavy (non-hydrogen) atoms. The van der Waals surface area contributed by atoms with Crippen molar-refractivity contribution in [2.24, 2.45) is 0 Å². The van der Waals surface area contributed by atoms with E-state index in [1.54, 1.807) is 0 Å². The summed E-state index contributed by atoms with van der Waals surface area (Å²) in [5.41, 5.74) is 1.63. The third-order valence-corrected chi connectivity index (χ3v) is 2.55. The van der Waals surface area contributed by atoms with Crippen molar-refractivity contribution < 1.29 is 9.32 Å². The molecule has 0 aliphatic heterocycles. The molecular weight excluding hydrogens is 154 g/mol.